The second kappa shape index (κ2) is 7.34. The van der Waals surface area contributed by atoms with Crippen LogP contribution in [0.2, 0.25) is 0 Å². The van der Waals surface area contributed by atoms with Crippen LogP contribution in [0.4, 0.5) is 0 Å². The van der Waals surface area contributed by atoms with Crippen molar-refractivity contribution in [3.8, 4) is 11.5 Å². The predicted molar refractivity (Wildman–Crippen MR) is 84.4 cm³/mol. The Hall–Kier alpha value is -1.26. The van der Waals surface area contributed by atoms with E-state index in [0.717, 1.165) is 24.3 Å². The van der Waals surface area contributed by atoms with Gasteiger partial charge in [0.15, 0.2) is 0 Å². The number of benzene rings is 1. The Bertz CT molecular complexity index is 445. The second-order valence-corrected chi connectivity index (χ2v) is 6.47. The summed E-state index contributed by atoms with van der Waals surface area (Å²) in [5, 5.41) is 10.4. The minimum absolute atomic E-state index is 0.319. The highest BCUT2D eigenvalue weighted by Gasteiger charge is 2.30. The largest absolute Gasteiger partial charge is 0.491 e. The van der Waals surface area contributed by atoms with E-state index in [4.69, 9.17) is 14.2 Å². The molecule has 0 spiro atoms. The monoisotopic (exact) mass is 306 g/mol. The standard InChI is InChI=1S/C18H26O4/c19-18(10-12-20-13-11-18)14-21-15-6-8-17(9-7-15)22-16-4-2-1-3-5-16/h6-9,16,19H,1-5,10-14H2. The molecular weight excluding hydrogens is 280 g/mol. The van der Waals surface area contributed by atoms with Crippen LogP contribution >= 0.6 is 0 Å². The first kappa shape index (κ1) is 15.6. The van der Waals surface area contributed by atoms with Gasteiger partial charge < -0.3 is 19.3 Å². The molecule has 0 amide bonds. The van der Waals surface area contributed by atoms with Gasteiger partial charge in [0.1, 0.15) is 23.7 Å². The maximum atomic E-state index is 10.4. The van der Waals surface area contributed by atoms with Crippen molar-refractivity contribution in [1.29, 1.82) is 0 Å². The summed E-state index contributed by atoms with van der Waals surface area (Å²) in [7, 11) is 0. The van der Waals surface area contributed by atoms with Crippen LogP contribution in [0.25, 0.3) is 0 Å². The van der Waals surface area contributed by atoms with Gasteiger partial charge in [-0.2, -0.15) is 0 Å². The lowest BCUT2D eigenvalue weighted by molar-refractivity contribution is -0.0855. The number of ether oxygens (including phenoxy) is 3. The molecular formula is C18H26O4. The van der Waals surface area contributed by atoms with E-state index in [1.54, 1.807) is 0 Å². The fourth-order valence-electron chi connectivity index (χ4n) is 3.10. The van der Waals surface area contributed by atoms with E-state index >= 15 is 0 Å². The van der Waals surface area contributed by atoms with Gasteiger partial charge in [-0.25, -0.2) is 0 Å². The molecule has 1 N–H and O–H groups in total. The number of hydrogen-bond donors (Lipinski definition) is 1. The van der Waals surface area contributed by atoms with Gasteiger partial charge in [0.05, 0.1) is 6.10 Å². The van der Waals surface area contributed by atoms with Crippen LogP contribution in [0.3, 0.4) is 0 Å². The third-order valence-corrected chi connectivity index (χ3v) is 4.61. The molecule has 4 heteroatoms. The SMILES string of the molecule is OC1(COc2ccc(OC3CCCCC3)cc2)CCOCC1. The number of aliphatic hydroxyl groups is 1. The van der Waals surface area contributed by atoms with E-state index in [1.165, 1.54) is 19.3 Å². The Morgan fingerprint density at radius 1 is 1.00 bits per heavy atom. The van der Waals surface area contributed by atoms with Crippen molar-refractivity contribution in [2.24, 2.45) is 0 Å². The van der Waals surface area contributed by atoms with Crippen LogP contribution in [0.15, 0.2) is 24.3 Å². The summed E-state index contributed by atoms with van der Waals surface area (Å²) >= 11 is 0. The first-order valence-corrected chi connectivity index (χ1v) is 8.43. The Kier molecular flexibility index (Phi) is 5.21. The molecule has 0 radical (unpaired) electrons. The first-order valence-electron chi connectivity index (χ1n) is 8.43. The molecule has 22 heavy (non-hydrogen) atoms. The highest BCUT2D eigenvalue weighted by atomic mass is 16.5. The van der Waals surface area contributed by atoms with Crippen LogP contribution in [0.5, 0.6) is 11.5 Å². The Morgan fingerprint density at radius 3 is 2.32 bits per heavy atom. The van der Waals surface area contributed by atoms with Gasteiger partial charge >= 0.3 is 0 Å². The van der Waals surface area contributed by atoms with Crippen LogP contribution in [-0.4, -0.2) is 36.6 Å². The molecule has 1 heterocycles. The molecule has 3 rings (SSSR count). The second-order valence-electron chi connectivity index (χ2n) is 6.47. The molecule has 1 saturated heterocycles. The molecule has 0 aromatic heterocycles. The molecule has 2 aliphatic rings. The zero-order chi connectivity index (χ0) is 15.3. The maximum absolute atomic E-state index is 10.4. The summed E-state index contributed by atoms with van der Waals surface area (Å²) in [6.45, 7) is 1.53. The Balaban J connectivity index is 1.48. The van der Waals surface area contributed by atoms with Crippen molar-refractivity contribution in [3.05, 3.63) is 24.3 Å². The summed E-state index contributed by atoms with van der Waals surface area (Å²) < 4.78 is 17.0. The molecule has 1 aliphatic carbocycles. The zero-order valence-corrected chi connectivity index (χ0v) is 13.1. The average Bonchev–Trinajstić information content (AvgIpc) is 2.56. The van der Waals surface area contributed by atoms with Crippen LogP contribution in [0.1, 0.15) is 44.9 Å². The molecule has 122 valence electrons. The van der Waals surface area contributed by atoms with Crippen LogP contribution < -0.4 is 9.47 Å². The van der Waals surface area contributed by atoms with Crippen molar-refractivity contribution < 1.29 is 19.3 Å². The van der Waals surface area contributed by atoms with Crippen LogP contribution in [-0.2, 0) is 4.74 Å². The lowest BCUT2D eigenvalue weighted by atomic mass is 9.96. The Morgan fingerprint density at radius 2 is 1.64 bits per heavy atom. The van der Waals surface area contributed by atoms with Gasteiger partial charge in [-0.3, -0.25) is 0 Å². The van der Waals surface area contributed by atoms with E-state index in [9.17, 15) is 5.11 Å². The topological polar surface area (TPSA) is 47.9 Å². The van der Waals surface area contributed by atoms with Crippen molar-refractivity contribution in [1.82, 2.24) is 0 Å². The lowest BCUT2D eigenvalue weighted by Gasteiger charge is -2.31. The van der Waals surface area contributed by atoms with Crippen molar-refractivity contribution in [2.75, 3.05) is 19.8 Å². The number of rotatable bonds is 5. The molecule has 0 unspecified atom stereocenters. The molecule has 1 aliphatic heterocycles. The lowest BCUT2D eigenvalue weighted by Crippen LogP contribution is -2.41. The number of hydrogen-bond acceptors (Lipinski definition) is 4. The summed E-state index contributed by atoms with van der Waals surface area (Å²) in [5.74, 6) is 1.68. The molecule has 1 aromatic carbocycles. The normalized spacial score (nSPS) is 22.2. The van der Waals surface area contributed by atoms with E-state index in [-0.39, 0.29) is 0 Å². The molecule has 1 saturated carbocycles. The molecule has 2 fully saturated rings. The van der Waals surface area contributed by atoms with Gasteiger partial charge in [-0.05, 0) is 49.9 Å². The fraction of sp³-hybridized carbons (Fsp3) is 0.667. The van der Waals surface area contributed by atoms with Gasteiger partial charge in [0.25, 0.3) is 0 Å². The highest BCUT2D eigenvalue weighted by Crippen LogP contribution is 2.26. The quantitative estimate of drug-likeness (QED) is 0.906. The first-order chi connectivity index (χ1) is 10.7. The van der Waals surface area contributed by atoms with E-state index in [0.29, 0.717) is 38.8 Å². The summed E-state index contributed by atoms with van der Waals surface area (Å²) in [6, 6.07) is 7.75. The summed E-state index contributed by atoms with van der Waals surface area (Å²) in [4.78, 5) is 0. The fourth-order valence-corrected chi connectivity index (χ4v) is 3.10. The zero-order valence-electron chi connectivity index (χ0n) is 13.1. The van der Waals surface area contributed by atoms with E-state index in [2.05, 4.69) is 0 Å². The van der Waals surface area contributed by atoms with Gasteiger partial charge in [0.2, 0.25) is 0 Å². The molecule has 1 aromatic rings. The highest BCUT2D eigenvalue weighted by molar-refractivity contribution is 5.31. The summed E-state index contributed by atoms with van der Waals surface area (Å²) in [5.41, 5.74) is -0.754. The van der Waals surface area contributed by atoms with Gasteiger partial charge in [0, 0.05) is 26.1 Å². The molecule has 0 atom stereocenters. The van der Waals surface area contributed by atoms with E-state index < -0.39 is 5.60 Å². The molecule has 4 nitrogen and oxygen atoms in total. The van der Waals surface area contributed by atoms with Crippen molar-refractivity contribution in [2.45, 2.75) is 56.7 Å². The van der Waals surface area contributed by atoms with Crippen LogP contribution in [0, 0.1) is 0 Å². The average molecular weight is 306 g/mol. The van der Waals surface area contributed by atoms with Gasteiger partial charge in [-0.1, -0.05) is 6.42 Å². The smallest absolute Gasteiger partial charge is 0.119 e. The van der Waals surface area contributed by atoms with E-state index in [1.807, 2.05) is 24.3 Å². The maximum Gasteiger partial charge on any atom is 0.119 e. The predicted octanol–water partition coefficient (Wildman–Crippen LogP) is 3.32. The minimum atomic E-state index is -0.754. The third-order valence-electron chi connectivity index (χ3n) is 4.61. The third kappa shape index (κ3) is 4.37. The van der Waals surface area contributed by atoms with Crippen molar-refractivity contribution >= 4 is 0 Å². The Labute approximate surface area is 132 Å². The minimum Gasteiger partial charge on any atom is -0.491 e. The van der Waals surface area contributed by atoms with Gasteiger partial charge in [-0.15, -0.1) is 0 Å². The van der Waals surface area contributed by atoms with Crippen molar-refractivity contribution in [3.63, 3.8) is 0 Å². The molecule has 0 bridgehead atoms. The summed E-state index contributed by atoms with van der Waals surface area (Å²) in [6.07, 6.45) is 7.83.